The smallest absolute Gasteiger partial charge is 0.0623 e. The molecule has 0 bridgehead atoms. The van der Waals surface area contributed by atoms with Gasteiger partial charge >= 0.3 is 0 Å². The fraction of sp³-hybridized carbons (Fsp3) is 0.400. The van der Waals surface area contributed by atoms with Crippen LogP contribution in [0.5, 0.6) is 0 Å². The van der Waals surface area contributed by atoms with Gasteiger partial charge in [0.25, 0.3) is 0 Å². The third kappa shape index (κ3) is 3.13. The van der Waals surface area contributed by atoms with Crippen LogP contribution < -0.4 is 10.4 Å². The molecule has 0 aliphatic heterocycles. The van der Waals surface area contributed by atoms with Crippen molar-refractivity contribution < 1.29 is 0 Å². The highest BCUT2D eigenvalue weighted by Crippen LogP contribution is 2.20. The third-order valence-electron chi connectivity index (χ3n) is 4.51. The van der Waals surface area contributed by atoms with E-state index in [1.807, 2.05) is 0 Å². The summed E-state index contributed by atoms with van der Waals surface area (Å²) in [6, 6.07) is 18.1. The second kappa shape index (κ2) is 6.19. The second-order valence-corrected chi connectivity index (χ2v) is 11.4. The van der Waals surface area contributed by atoms with E-state index < -0.39 is 8.07 Å². The van der Waals surface area contributed by atoms with E-state index in [-0.39, 0.29) is 0 Å². The molecule has 0 spiro atoms. The second-order valence-electron chi connectivity index (χ2n) is 7.11. The Morgan fingerprint density at radius 3 is 1.29 bits per heavy atom. The Bertz CT molecular complexity index is 555. The molecule has 2 aromatic carbocycles. The molecule has 0 saturated heterocycles. The van der Waals surface area contributed by atoms with Crippen LogP contribution in [0.25, 0.3) is 0 Å². The molecule has 0 radical (unpaired) electrons. The van der Waals surface area contributed by atoms with Gasteiger partial charge in [0.1, 0.15) is 8.07 Å². The monoisotopic (exact) mass is 296 g/mol. The van der Waals surface area contributed by atoms with Crippen molar-refractivity contribution in [2.24, 2.45) is 0 Å². The number of benzene rings is 2. The molecule has 0 atom stereocenters. The fourth-order valence-electron chi connectivity index (χ4n) is 3.28. The molecule has 2 aromatic rings. The summed E-state index contributed by atoms with van der Waals surface area (Å²) in [4.78, 5) is 0. The predicted molar refractivity (Wildman–Crippen MR) is 97.8 cm³/mol. The molecule has 0 amide bonds. The van der Waals surface area contributed by atoms with Crippen molar-refractivity contribution in [3.05, 3.63) is 59.7 Å². The first-order valence-corrected chi connectivity index (χ1v) is 11.0. The Balaban J connectivity index is 2.63. The van der Waals surface area contributed by atoms with Crippen molar-refractivity contribution in [3.63, 3.8) is 0 Å². The first-order valence-electron chi connectivity index (χ1n) is 8.04. The summed E-state index contributed by atoms with van der Waals surface area (Å²) in [5, 5.41) is 3.18. The van der Waals surface area contributed by atoms with E-state index in [1.54, 1.807) is 10.4 Å². The van der Waals surface area contributed by atoms with Gasteiger partial charge in [-0.2, -0.15) is 0 Å². The molecule has 2 rings (SSSR count). The fourth-order valence-corrected chi connectivity index (χ4v) is 6.79. The van der Waals surface area contributed by atoms with Crippen LogP contribution >= 0.6 is 0 Å². The molecule has 0 heterocycles. The summed E-state index contributed by atoms with van der Waals surface area (Å²) in [5.74, 6) is 1.17. The molecular formula is C20H28Si. The summed E-state index contributed by atoms with van der Waals surface area (Å²) in [6.07, 6.45) is 0. The average molecular weight is 297 g/mol. The largest absolute Gasteiger partial charge is 0.112 e. The van der Waals surface area contributed by atoms with Crippen LogP contribution in [-0.4, -0.2) is 8.07 Å². The molecule has 0 aliphatic rings. The normalized spacial score (nSPS) is 12.2. The molecule has 0 aromatic heterocycles. The molecular weight excluding hydrogens is 268 g/mol. The van der Waals surface area contributed by atoms with Crippen molar-refractivity contribution in [2.45, 2.75) is 52.6 Å². The summed E-state index contributed by atoms with van der Waals surface area (Å²) in [6.45, 7) is 14.2. The third-order valence-corrected chi connectivity index (χ3v) is 8.12. The van der Waals surface area contributed by atoms with Crippen LogP contribution in [0.15, 0.2) is 48.5 Å². The maximum Gasteiger partial charge on any atom is 0.112 e. The summed E-state index contributed by atoms with van der Waals surface area (Å²) in [7, 11) is -1.67. The lowest BCUT2D eigenvalue weighted by Crippen LogP contribution is -2.55. The Labute approximate surface area is 131 Å². The van der Waals surface area contributed by atoms with Crippen LogP contribution in [0.1, 0.15) is 50.7 Å². The van der Waals surface area contributed by atoms with E-state index in [0.717, 1.165) is 0 Å². The molecule has 0 N–H and O–H groups in total. The number of rotatable bonds is 4. The summed E-state index contributed by atoms with van der Waals surface area (Å²) in [5.41, 5.74) is 3.04. The lowest BCUT2D eigenvalue weighted by atomic mass is 10.0. The average Bonchev–Trinajstić information content (AvgIpc) is 2.47. The van der Waals surface area contributed by atoms with Crippen molar-refractivity contribution in [2.75, 3.05) is 0 Å². The van der Waals surface area contributed by atoms with E-state index in [9.17, 15) is 0 Å². The highest BCUT2D eigenvalue weighted by Gasteiger charge is 2.31. The summed E-state index contributed by atoms with van der Waals surface area (Å²) < 4.78 is 0. The molecule has 0 nitrogen and oxygen atoms in total. The van der Waals surface area contributed by atoms with Crippen LogP contribution in [0, 0.1) is 0 Å². The van der Waals surface area contributed by atoms with Gasteiger partial charge in [-0.15, -0.1) is 0 Å². The highest BCUT2D eigenvalue weighted by molar-refractivity contribution is 7.01. The van der Waals surface area contributed by atoms with Gasteiger partial charge in [-0.05, 0) is 23.0 Å². The Morgan fingerprint density at radius 1 is 0.619 bits per heavy atom. The standard InChI is InChI=1S/C20H28Si/c1-15(2)17-11-7-9-13-19(17)21(5,6)20-14-10-8-12-18(20)16(3)4/h7-16H,1-6H3. The highest BCUT2D eigenvalue weighted by atomic mass is 28.3. The van der Waals surface area contributed by atoms with Gasteiger partial charge in [0.2, 0.25) is 0 Å². The van der Waals surface area contributed by atoms with Crippen LogP contribution in [-0.2, 0) is 0 Å². The van der Waals surface area contributed by atoms with Crippen molar-refractivity contribution in [3.8, 4) is 0 Å². The SMILES string of the molecule is CC(C)c1ccccc1[Si](C)(C)c1ccccc1C(C)C. The molecule has 0 saturated carbocycles. The minimum atomic E-state index is -1.67. The topological polar surface area (TPSA) is 0 Å². The Morgan fingerprint density at radius 2 is 0.952 bits per heavy atom. The first kappa shape index (κ1) is 16.0. The molecule has 21 heavy (non-hydrogen) atoms. The zero-order chi connectivity index (χ0) is 15.6. The lowest BCUT2D eigenvalue weighted by Gasteiger charge is -2.30. The minimum absolute atomic E-state index is 0.583. The van der Waals surface area contributed by atoms with Gasteiger partial charge < -0.3 is 0 Å². The summed E-state index contributed by atoms with van der Waals surface area (Å²) >= 11 is 0. The lowest BCUT2D eigenvalue weighted by molar-refractivity contribution is 0.869. The number of hydrogen-bond acceptors (Lipinski definition) is 0. The van der Waals surface area contributed by atoms with Gasteiger partial charge in [0, 0.05) is 0 Å². The zero-order valence-corrected chi connectivity index (χ0v) is 15.3. The van der Waals surface area contributed by atoms with E-state index in [4.69, 9.17) is 0 Å². The maximum atomic E-state index is 2.50. The Kier molecular flexibility index (Phi) is 4.73. The molecule has 0 unspecified atom stereocenters. The zero-order valence-electron chi connectivity index (χ0n) is 14.3. The quantitative estimate of drug-likeness (QED) is 0.714. The van der Waals surface area contributed by atoms with E-state index in [2.05, 4.69) is 89.3 Å². The van der Waals surface area contributed by atoms with Gasteiger partial charge in [-0.3, -0.25) is 0 Å². The molecule has 112 valence electrons. The van der Waals surface area contributed by atoms with Gasteiger partial charge in [-0.25, -0.2) is 0 Å². The minimum Gasteiger partial charge on any atom is -0.0623 e. The van der Waals surface area contributed by atoms with Gasteiger partial charge in [0.15, 0.2) is 0 Å². The van der Waals surface area contributed by atoms with Crippen molar-refractivity contribution in [1.82, 2.24) is 0 Å². The van der Waals surface area contributed by atoms with E-state index in [1.165, 1.54) is 11.1 Å². The maximum absolute atomic E-state index is 2.50. The van der Waals surface area contributed by atoms with Crippen molar-refractivity contribution in [1.29, 1.82) is 0 Å². The van der Waals surface area contributed by atoms with E-state index in [0.29, 0.717) is 11.8 Å². The first-order chi connectivity index (χ1) is 9.85. The molecule has 0 aliphatic carbocycles. The molecule has 0 fully saturated rings. The van der Waals surface area contributed by atoms with Gasteiger partial charge in [-0.1, -0.05) is 99.7 Å². The number of hydrogen-bond donors (Lipinski definition) is 0. The van der Waals surface area contributed by atoms with Crippen LogP contribution in [0.2, 0.25) is 13.1 Å². The van der Waals surface area contributed by atoms with Crippen LogP contribution in [0.4, 0.5) is 0 Å². The predicted octanol–water partition coefficient (Wildman–Crippen LogP) is 4.76. The molecule has 1 heteroatoms. The van der Waals surface area contributed by atoms with E-state index >= 15 is 0 Å². The Hall–Kier alpha value is -1.34. The van der Waals surface area contributed by atoms with Crippen LogP contribution in [0.3, 0.4) is 0 Å². The van der Waals surface area contributed by atoms with Crippen molar-refractivity contribution >= 4 is 18.4 Å². The van der Waals surface area contributed by atoms with Gasteiger partial charge in [0.05, 0.1) is 0 Å².